The number of rotatable bonds is 6. The van der Waals surface area contributed by atoms with E-state index in [4.69, 9.17) is 4.84 Å². The molecule has 1 atom stereocenters. The number of hydrogen-bond acceptors (Lipinski definition) is 6. The number of fused-ring (bicyclic) bond motifs is 1. The van der Waals surface area contributed by atoms with Gasteiger partial charge in [-0.25, -0.2) is 4.98 Å². The number of hydrogen-bond donors (Lipinski definition) is 1. The van der Waals surface area contributed by atoms with Crippen molar-refractivity contribution in [1.29, 1.82) is 5.26 Å². The molecule has 0 saturated heterocycles. The van der Waals surface area contributed by atoms with Gasteiger partial charge in [0.1, 0.15) is 17.9 Å². The van der Waals surface area contributed by atoms with Crippen molar-refractivity contribution in [3.8, 4) is 6.07 Å². The molecule has 25 heavy (non-hydrogen) atoms. The van der Waals surface area contributed by atoms with Crippen molar-refractivity contribution < 1.29 is 9.63 Å². The van der Waals surface area contributed by atoms with Gasteiger partial charge in [0.25, 0.3) is 5.91 Å². The number of thiophene rings is 1. The van der Waals surface area contributed by atoms with Crippen LogP contribution in [0.4, 0.5) is 0 Å². The molecule has 0 aliphatic carbocycles. The molecule has 0 spiro atoms. The Bertz CT molecular complexity index is 940. The predicted octanol–water partition coefficient (Wildman–Crippen LogP) is 2.76. The van der Waals surface area contributed by atoms with E-state index < -0.39 is 6.04 Å². The number of oxime groups is 1. The molecule has 3 aromatic heterocycles. The van der Waals surface area contributed by atoms with Crippen molar-refractivity contribution in [3.05, 3.63) is 58.2 Å². The van der Waals surface area contributed by atoms with Crippen LogP contribution in [0.5, 0.6) is 0 Å². The van der Waals surface area contributed by atoms with Crippen LogP contribution in [0.25, 0.3) is 5.65 Å². The van der Waals surface area contributed by atoms with Crippen LogP contribution in [0.2, 0.25) is 0 Å². The maximum atomic E-state index is 12.6. The zero-order valence-electron chi connectivity index (χ0n) is 13.4. The fourth-order valence-electron chi connectivity index (χ4n) is 2.27. The highest BCUT2D eigenvalue weighted by molar-refractivity contribution is 7.10. The highest BCUT2D eigenvalue weighted by Crippen LogP contribution is 2.19. The number of nitrogens with zero attached hydrogens (tertiary/aromatic N) is 4. The van der Waals surface area contributed by atoms with Crippen molar-refractivity contribution in [2.75, 3.05) is 6.61 Å². The Morgan fingerprint density at radius 2 is 2.44 bits per heavy atom. The van der Waals surface area contributed by atoms with Crippen molar-refractivity contribution in [2.45, 2.75) is 13.0 Å². The maximum Gasteiger partial charge on any atom is 0.256 e. The predicted molar refractivity (Wildman–Crippen MR) is 94.6 cm³/mol. The van der Waals surface area contributed by atoms with E-state index in [1.807, 2.05) is 24.4 Å². The Balaban J connectivity index is 1.87. The standard InChI is InChI=1S/C17H15N5O2S/c1-2-24-19-10-12-11-22-7-3-5-13(16(22)20-12)17(23)21-14(9-18)15-6-4-8-25-15/h3-8,10-11,14H,2H2,1H3,(H,21,23). The summed E-state index contributed by atoms with van der Waals surface area (Å²) in [6.07, 6.45) is 5.02. The Morgan fingerprint density at radius 3 is 3.16 bits per heavy atom. The molecule has 1 unspecified atom stereocenters. The third kappa shape index (κ3) is 3.67. The molecule has 3 aromatic rings. The Kier molecular flexibility index (Phi) is 5.06. The number of carbonyl (C=O) groups is 1. The van der Waals surface area contributed by atoms with Crippen LogP contribution >= 0.6 is 11.3 Å². The van der Waals surface area contributed by atoms with Gasteiger partial charge in [-0.15, -0.1) is 11.3 Å². The van der Waals surface area contributed by atoms with E-state index in [-0.39, 0.29) is 5.91 Å². The van der Waals surface area contributed by atoms with Crippen LogP contribution in [0, 0.1) is 11.3 Å². The van der Waals surface area contributed by atoms with Gasteiger partial charge in [-0.05, 0) is 30.5 Å². The molecule has 126 valence electrons. The number of nitriles is 1. The number of nitrogens with one attached hydrogen (secondary N) is 1. The second-order valence-corrected chi connectivity index (χ2v) is 6.00. The minimum Gasteiger partial charge on any atom is -0.396 e. The van der Waals surface area contributed by atoms with E-state index in [0.717, 1.165) is 4.88 Å². The van der Waals surface area contributed by atoms with Crippen LogP contribution in [-0.2, 0) is 4.84 Å². The monoisotopic (exact) mass is 353 g/mol. The topological polar surface area (TPSA) is 91.8 Å². The van der Waals surface area contributed by atoms with Gasteiger partial charge in [0, 0.05) is 17.3 Å². The highest BCUT2D eigenvalue weighted by Gasteiger charge is 2.18. The van der Waals surface area contributed by atoms with Crippen molar-refractivity contribution in [2.24, 2.45) is 5.16 Å². The summed E-state index contributed by atoms with van der Waals surface area (Å²) in [7, 11) is 0. The van der Waals surface area contributed by atoms with Gasteiger partial charge in [-0.1, -0.05) is 11.2 Å². The molecular formula is C17H15N5O2S. The van der Waals surface area contributed by atoms with E-state index in [2.05, 4.69) is 21.5 Å². The summed E-state index contributed by atoms with van der Waals surface area (Å²) in [5.41, 5.74) is 1.44. The first-order valence-corrected chi connectivity index (χ1v) is 8.48. The van der Waals surface area contributed by atoms with E-state index in [0.29, 0.717) is 23.5 Å². The number of carbonyl (C=O) groups excluding carboxylic acids is 1. The highest BCUT2D eigenvalue weighted by atomic mass is 32.1. The summed E-state index contributed by atoms with van der Waals surface area (Å²) >= 11 is 1.42. The lowest BCUT2D eigenvalue weighted by atomic mass is 10.2. The Labute approximate surface area is 148 Å². The quantitative estimate of drug-likeness (QED) is 0.545. The zero-order valence-corrected chi connectivity index (χ0v) is 14.2. The molecule has 0 aliphatic rings. The summed E-state index contributed by atoms with van der Waals surface area (Å²) in [4.78, 5) is 22.7. The lowest BCUT2D eigenvalue weighted by molar-refractivity contribution is 0.0947. The number of amides is 1. The first kappa shape index (κ1) is 16.7. The minimum atomic E-state index is -0.693. The van der Waals surface area contributed by atoms with E-state index >= 15 is 0 Å². The molecule has 3 heterocycles. The summed E-state index contributed by atoms with van der Waals surface area (Å²) in [5, 5.41) is 17.7. The third-order valence-electron chi connectivity index (χ3n) is 3.37. The molecule has 7 nitrogen and oxygen atoms in total. The lowest BCUT2D eigenvalue weighted by Crippen LogP contribution is -2.27. The average molecular weight is 353 g/mol. The number of imidazole rings is 1. The Hall–Kier alpha value is -3.18. The molecule has 1 amide bonds. The summed E-state index contributed by atoms with van der Waals surface area (Å²) in [5.74, 6) is -0.357. The Morgan fingerprint density at radius 1 is 1.56 bits per heavy atom. The normalized spacial score (nSPS) is 12.2. The third-order valence-corrected chi connectivity index (χ3v) is 4.30. The van der Waals surface area contributed by atoms with Gasteiger partial charge in [0.15, 0.2) is 6.04 Å². The van der Waals surface area contributed by atoms with Crippen molar-refractivity contribution in [3.63, 3.8) is 0 Å². The molecule has 0 aliphatic heterocycles. The second-order valence-electron chi connectivity index (χ2n) is 5.02. The van der Waals surface area contributed by atoms with Crippen molar-refractivity contribution >= 4 is 29.1 Å². The first-order chi connectivity index (χ1) is 12.2. The zero-order chi connectivity index (χ0) is 17.6. The van der Waals surface area contributed by atoms with Gasteiger partial charge in [0.2, 0.25) is 0 Å². The summed E-state index contributed by atoms with van der Waals surface area (Å²) < 4.78 is 1.73. The molecule has 0 fully saturated rings. The van der Waals surface area contributed by atoms with Gasteiger partial charge in [0.05, 0.1) is 17.8 Å². The van der Waals surface area contributed by atoms with Gasteiger partial charge >= 0.3 is 0 Å². The molecular weight excluding hydrogens is 338 g/mol. The van der Waals surface area contributed by atoms with Crippen LogP contribution in [0.15, 0.2) is 47.2 Å². The molecule has 3 rings (SSSR count). The first-order valence-electron chi connectivity index (χ1n) is 7.60. The fourth-order valence-corrected chi connectivity index (χ4v) is 2.99. The molecule has 0 radical (unpaired) electrons. The van der Waals surface area contributed by atoms with Gasteiger partial charge in [-0.3, -0.25) is 4.79 Å². The number of aromatic nitrogens is 2. The van der Waals surface area contributed by atoms with E-state index in [9.17, 15) is 10.1 Å². The fraction of sp³-hybridized carbons (Fsp3) is 0.176. The smallest absolute Gasteiger partial charge is 0.256 e. The van der Waals surface area contributed by atoms with Gasteiger partial charge < -0.3 is 14.6 Å². The molecule has 0 saturated carbocycles. The van der Waals surface area contributed by atoms with E-state index in [1.165, 1.54) is 17.6 Å². The summed E-state index contributed by atoms with van der Waals surface area (Å²) in [6.45, 7) is 2.30. The number of pyridine rings is 1. The van der Waals surface area contributed by atoms with Crippen molar-refractivity contribution in [1.82, 2.24) is 14.7 Å². The van der Waals surface area contributed by atoms with Crippen LogP contribution < -0.4 is 5.32 Å². The van der Waals surface area contributed by atoms with Crippen LogP contribution in [0.1, 0.15) is 33.9 Å². The molecule has 0 aromatic carbocycles. The minimum absolute atomic E-state index is 0.357. The largest absolute Gasteiger partial charge is 0.396 e. The van der Waals surface area contributed by atoms with Gasteiger partial charge in [-0.2, -0.15) is 5.26 Å². The average Bonchev–Trinajstić information content (AvgIpc) is 3.28. The molecule has 1 N–H and O–H groups in total. The van der Waals surface area contributed by atoms with Crippen LogP contribution in [-0.4, -0.2) is 28.1 Å². The van der Waals surface area contributed by atoms with E-state index in [1.54, 1.807) is 28.9 Å². The second kappa shape index (κ2) is 7.59. The summed E-state index contributed by atoms with van der Waals surface area (Å²) in [6, 6.07) is 8.49. The van der Waals surface area contributed by atoms with Crippen LogP contribution in [0.3, 0.4) is 0 Å². The molecule has 8 heteroatoms. The lowest BCUT2D eigenvalue weighted by Gasteiger charge is -2.10. The SMILES string of the molecule is CCON=Cc1cn2cccc(C(=O)NC(C#N)c3cccs3)c2n1. The molecule has 0 bridgehead atoms. The maximum absolute atomic E-state index is 12.6.